The first-order valence-electron chi connectivity index (χ1n) is 9.26. The molecule has 0 aliphatic carbocycles. The van der Waals surface area contributed by atoms with E-state index in [9.17, 15) is 4.39 Å². The highest BCUT2D eigenvalue weighted by atomic mass is 35.5. The van der Waals surface area contributed by atoms with E-state index in [4.69, 9.17) is 20.9 Å². The lowest BCUT2D eigenvalue weighted by atomic mass is 9.78. The molecule has 1 aromatic carbocycles. The van der Waals surface area contributed by atoms with Crippen LogP contribution in [0.1, 0.15) is 59.9 Å². The normalized spacial score (nSPS) is 20.5. The van der Waals surface area contributed by atoms with Crippen molar-refractivity contribution in [2.75, 3.05) is 0 Å². The standard InChI is InChI=1S/C20H30BClFNO2/c1-7-15(24-13-16-17(22)9-8-10-18(16)23)12-11-14(2)21-25-19(3,4)20(5,6)26-21/h8-11,15,24H,7,12-13H2,1-6H3/b14-11+. The fourth-order valence-electron chi connectivity index (χ4n) is 2.80. The van der Waals surface area contributed by atoms with E-state index in [0.717, 1.165) is 18.3 Å². The highest BCUT2D eigenvalue weighted by Gasteiger charge is 2.51. The molecule has 3 nitrogen and oxygen atoms in total. The molecule has 2 rings (SSSR count). The maximum absolute atomic E-state index is 13.9. The Morgan fingerprint density at radius 3 is 2.42 bits per heavy atom. The van der Waals surface area contributed by atoms with Crippen LogP contribution < -0.4 is 5.32 Å². The predicted molar refractivity (Wildman–Crippen MR) is 107 cm³/mol. The van der Waals surface area contributed by atoms with Gasteiger partial charge in [-0.15, -0.1) is 0 Å². The lowest BCUT2D eigenvalue weighted by Gasteiger charge is -2.32. The topological polar surface area (TPSA) is 30.5 Å². The number of allylic oxidation sites excluding steroid dienone is 1. The van der Waals surface area contributed by atoms with Crippen molar-refractivity contribution < 1.29 is 13.7 Å². The molecule has 0 aromatic heterocycles. The maximum Gasteiger partial charge on any atom is 0.489 e. The molecule has 1 aliphatic heterocycles. The van der Waals surface area contributed by atoms with Gasteiger partial charge in [0.25, 0.3) is 0 Å². The summed E-state index contributed by atoms with van der Waals surface area (Å²) in [7, 11) is -0.321. The fraction of sp³-hybridized carbons (Fsp3) is 0.600. The molecule has 0 saturated carbocycles. The molecule has 1 heterocycles. The first-order valence-corrected chi connectivity index (χ1v) is 9.63. The lowest BCUT2D eigenvalue weighted by Crippen LogP contribution is -2.41. The van der Waals surface area contributed by atoms with Gasteiger partial charge in [0.15, 0.2) is 0 Å². The van der Waals surface area contributed by atoms with E-state index in [2.05, 4.69) is 46.0 Å². The second-order valence-corrected chi connectivity index (χ2v) is 8.37. The van der Waals surface area contributed by atoms with E-state index in [1.54, 1.807) is 12.1 Å². The van der Waals surface area contributed by atoms with Crippen LogP contribution in [0.15, 0.2) is 29.7 Å². The van der Waals surface area contributed by atoms with Gasteiger partial charge in [0.2, 0.25) is 0 Å². The monoisotopic (exact) mass is 381 g/mol. The maximum atomic E-state index is 13.9. The van der Waals surface area contributed by atoms with E-state index in [1.165, 1.54) is 6.07 Å². The highest BCUT2D eigenvalue weighted by Crippen LogP contribution is 2.38. The smallest absolute Gasteiger partial charge is 0.400 e. The van der Waals surface area contributed by atoms with E-state index in [0.29, 0.717) is 17.1 Å². The van der Waals surface area contributed by atoms with Gasteiger partial charge in [-0.2, -0.15) is 0 Å². The molecule has 0 amide bonds. The minimum Gasteiger partial charge on any atom is -0.400 e. The average molecular weight is 382 g/mol. The van der Waals surface area contributed by atoms with Crippen LogP contribution in [0.3, 0.4) is 0 Å². The zero-order valence-corrected chi connectivity index (χ0v) is 17.4. The Hall–Kier alpha value is -0.875. The van der Waals surface area contributed by atoms with Crippen LogP contribution in [0.4, 0.5) is 4.39 Å². The summed E-state index contributed by atoms with van der Waals surface area (Å²) in [5, 5.41) is 3.85. The van der Waals surface area contributed by atoms with Crippen molar-refractivity contribution in [3.63, 3.8) is 0 Å². The summed E-state index contributed by atoms with van der Waals surface area (Å²) in [4.78, 5) is 0. The molecule has 1 fully saturated rings. The number of nitrogens with one attached hydrogen (secondary N) is 1. The zero-order valence-electron chi connectivity index (χ0n) is 16.7. The van der Waals surface area contributed by atoms with E-state index < -0.39 is 0 Å². The molecule has 26 heavy (non-hydrogen) atoms. The SMILES string of the molecule is CCC(C/C=C(\C)B1OC(C)(C)C(C)(C)O1)NCc1c(F)cccc1Cl. The molecule has 1 aliphatic rings. The Balaban J connectivity index is 1.95. The van der Waals surface area contributed by atoms with Crippen molar-refractivity contribution in [1.82, 2.24) is 5.32 Å². The molecule has 1 unspecified atom stereocenters. The van der Waals surface area contributed by atoms with Gasteiger partial charge in [-0.1, -0.05) is 30.7 Å². The predicted octanol–water partition coefficient (Wildman–Crippen LogP) is 5.32. The Morgan fingerprint density at radius 1 is 1.27 bits per heavy atom. The third-order valence-corrected chi connectivity index (χ3v) is 5.83. The Morgan fingerprint density at radius 2 is 1.88 bits per heavy atom. The number of rotatable bonds is 7. The van der Waals surface area contributed by atoms with Gasteiger partial charge in [-0.05, 0) is 65.1 Å². The van der Waals surface area contributed by atoms with Gasteiger partial charge in [0.05, 0.1) is 11.2 Å². The van der Waals surface area contributed by atoms with Crippen LogP contribution in [0, 0.1) is 5.82 Å². The second kappa shape index (κ2) is 8.43. The number of hydrogen-bond donors (Lipinski definition) is 1. The molecule has 0 radical (unpaired) electrons. The van der Waals surface area contributed by atoms with Gasteiger partial charge in [0.1, 0.15) is 5.82 Å². The van der Waals surface area contributed by atoms with Crippen LogP contribution >= 0.6 is 11.6 Å². The summed E-state index contributed by atoms with van der Waals surface area (Å²) in [5.74, 6) is -0.274. The quantitative estimate of drug-likeness (QED) is 0.649. The Labute approximate surface area is 162 Å². The molecule has 144 valence electrons. The van der Waals surface area contributed by atoms with Gasteiger partial charge in [-0.3, -0.25) is 0 Å². The van der Waals surface area contributed by atoms with E-state index in [1.807, 2.05) is 6.92 Å². The third kappa shape index (κ3) is 4.89. The van der Waals surface area contributed by atoms with Crippen LogP contribution in [-0.4, -0.2) is 24.4 Å². The Bertz CT molecular complexity index is 627. The molecule has 1 saturated heterocycles. The number of halogens is 2. The summed E-state index contributed by atoms with van der Waals surface area (Å²) >= 11 is 6.10. The molecule has 1 N–H and O–H groups in total. The van der Waals surface area contributed by atoms with Crippen molar-refractivity contribution in [3.8, 4) is 0 Å². The van der Waals surface area contributed by atoms with E-state index >= 15 is 0 Å². The summed E-state index contributed by atoms with van der Waals surface area (Å²) in [6.07, 6.45) is 3.89. The van der Waals surface area contributed by atoms with Crippen LogP contribution in [0.25, 0.3) is 0 Å². The van der Waals surface area contributed by atoms with Crippen molar-refractivity contribution in [1.29, 1.82) is 0 Å². The van der Waals surface area contributed by atoms with Crippen molar-refractivity contribution in [2.45, 2.75) is 78.2 Å². The minimum atomic E-state index is -0.337. The largest absolute Gasteiger partial charge is 0.489 e. The molecule has 0 bridgehead atoms. The van der Waals surface area contributed by atoms with Gasteiger partial charge in [0, 0.05) is 23.2 Å². The highest BCUT2D eigenvalue weighted by molar-refractivity contribution is 6.54. The zero-order chi connectivity index (χ0) is 19.5. The van der Waals surface area contributed by atoms with Gasteiger partial charge >= 0.3 is 7.12 Å². The van der Waals surface area contributed by atoms with Crippen molar-refractivity contribution in [2.24, 2.45) is 0 Å². The lowest BCUT2D eigenvalue weighted by molar-refractivity contribution is 0.00578. The first-order chi connectivity index (χ1) is 12.1. The third-order valence-electron chi connectivity index (χ3n) is 5.47. The molecular weight excluding hydrogens is 351 g/mol. The van der Waals surface area contributed by atoms with Gasteiger partial charge in [-0.25, -0.2) is 4.39 Å². The van der Waals surface area contributed by atoms with Crippen LogP contribution in [-0.2, 0) is 15.9 Å². The van der Waals surface area contributed by atoms with Crippen LogP contribution in [0.2, 0.25) is 5.02 Å². The van der Waals surface area contributed by atoms with Crippen LogP contribution in [0.5, 0.6) is 0 Å². The summed E-state index contributed by atoms with van der Waals surface area (Å²) in [6, 6.07) is 5.00. The minimum absolute atomic E-state index is 0.225. The summed E-state index contributed by atoms with van der Waals surface area (Å²) in [6.45, 7) is 12.8. The molecule has 1 aromatic rings. The molecule has 1 atom stereocenters. The molecule has 6 heteroatoms. The molecular formula is C20H30BClFNO2. The van der Waals surface area contributed by atoms with Gasteiger partial charge < -0.3 is 14.6 Å². The fourth-order valence-corrected chi connectivity index (χ4v) is 3.03. The molecule has 0 spiro atoms. The number of benzene rings is 1. The Kier molecular flexibility index (Phi) is 6.95. The summed E-state index contributed by atoms with van der Waals surface area (Å²) < 4.78 is 26.0. The summed E-state index contributed by atoms with van der Waals surface area (Å²) in [5.41, 5.74) is 0.903. The van der Waals surface area contributed by atoms with E-state index in [-0.39, 0.29) is 30.2 Å². The van der Waals surface area contributed by atoms with Crippen molar-refractivity contribution in [3.05, 3.63) is 46.2 Å². The van der Waals surface area contributed by atoms with Crippen molar-refractivity contribution >= 4 is 18.7 Å². The first kappa shape index (κ1) is 21.4. The average Bonchev–Trinajstić information content (AvgIpc) is 2.77. The number of hydrogen-bond acceptors (Lipinski definition) is 3. The second-order valence-electron chi connectivity index (χ2n) is 7.96.